The van der Waals surface area contributed by atoms with Gasteiger partial charge in [-0.1, -0.05) is 24.3 Å². The van der Waals surface area contributed by atoms with E-state index in [1.807, 2.05) is 12.1 Å². The van der Waals surface area contributed by atoms with Crippen LogP contribution in [0.2, 0.25) is 0 Å². The third-order valence-electron chi connectivity index (χ3n) is 7.94. The molecule has 44 heavy (non-hydrogen) atoms. The molecule has 2 aromatic heterocycles. The van der Waals surface area contributed by atoms with Crippen molar-refractivity contribution in [3.05, 3.63) is 83.4 Å². The molecule has 5 aromatic rings. The van der Waals surface area contributed by atoms with Gasteiger partial charge in [-0.3, -0.25) is 0 Å². The molecule has 0 spiro atoms. The average molecular weight is 824 g/mol. The number of methoxy groups -OCH3 is 6. The van der Waals surface area contributed by atoms with Crippen LogP contribution in [0, 0.1) is 0 Å². The van der Waals surface area contributed by atoms with Crippen LogP contribution in [0.25, 0.3) is 21.5 Å². The maximum Gasteiger partial charge on any atom is 0.204 e. The van der Waals surface area contributed by atoms with Gasteiger partial charge in [-0.05, 0) is 23.3 Å². The van der Waals surface area contributed by atoms with Gasteiger partial charge >= 0.3 is 0 Å². The quantitative estimate of drug-likeness (QED) is 0.132. The summed E-state index contributed by atoms with van der Waals surface area (Å²) in [6, 6.07) is 16.7. The fourth-order valence-electron chi connectivity index (χ4n) is 5.81. The third kappa shape index (κ3) is 6.28. The number of ether oxygens (including phenoxy) is 6. The smallest absolute Gasteiger partial charge is 0.204 e. The minimum atomic E-state index is 0. The first-order valence-electron chi connectivity index (χ1n) is 13.7. The second-order valence-electron chi connectivity index (χ2n) is 10.1. The molecule has 0 N–H and O–H groups in total. The lowest BCUT2D eigenvalue weighted by molar-refractivity contribution is -0.677. The van der Waals surface area contributed by atoms with Crippen LogP contribution < -0.4 is 85.5 Å². The number of hydrogen-bond acceptors (Lipinski definition) is 6. The van der Waals surface area contributed by atoms with Crippen LogP contribution in [-0.2, 0) is 26.9 Å². The average Bonchev–Trinajstić information content (AvgIpc) is 3.02. The Balaban J connectivity index is 0.00000264. The fraction of sp³-hybridized carbons (Fsp3) is 0.294. The number of hydrogen-bond donors (Lipinski definition) is 0. The van der Waals surface area contributed by atoms with Crippen molar-refractivity contribution in [3.8, 4) is 34.5 Å². The van der Waals surface area contributed by atoms with E-state index in [9.17, 15) is 0 Å². The first kappa shape index (κ1) is 35.2. The zero-order valence-electron chi connectivity index (χ0n) is 26.3. The van der Waals surface area contributed by atoms with E-state index in [4.69, 9.17) is 28.4 Å². The Labute approximate surface area is 292 Å². The molecule has 234 valence electrons. The van der Waals surface area contributed by atoms with Crippen molar-refractivity contribution in [2.24, 2.45) is 14.1 Å². The van der Waals surface area contributed by atoms with Crippen molar-refractivity contribution >= 4 is 21.5 Å². The molecule has 0 aliphatic heterocycles. The number of pyridine rings is 2. The minimum absolute atomic E-state index is 0. The number of benzene rings is 3. The highest BCUT2D eigenvalue weighted by Crippen LogP contribution is 2.45. The van der Waals surface area contributed by atoms with Gasteiger partial charge in [0.25, 0.3) is 0 Å². The molecule has 0 atom stereocenters. The van der Waals surface area contributed by atoms with E-state index < -0.39 is 0 Å². The molecular weight excluding hydrogens is 786 g/mol. The molecule has 10 heteroatoms. The Morgan fingerprint density at radius 1 is 0.500 bits per heavy atom. The van der Waals surface area contributed by atoms with E-state index in [-0.39, 0.29) is 48.0 Å². The van der Waals surface area contributed by atoms with Crippen LogP contribution in [0.1, 0.15) is 22.5 Å². The zero-order valence-corrected chi connectivity index (χ0v) is 30.6. The molecule has 0 aliphatic carbocycles. The van der Waals surface area contributed by atoms with Gasteiger partial charge in [0.2, 0.25) is 11.5 Å². The summed E-state index contributed by atoms with van der Waals surface area (Å²) < 4.78 is 38.8. The van der Waals surface area contributed by atoms with E-state index >= 15 is 0 Å². The zero-order chi connectivity index (χ0) is 30.0. The second-order valence-corrected chi connectivity index (χ2v) is 10.1. The van der Waals surface area contributed by atoms with Crippen LogP contribution in [0.5, 0.6) is 34.5 Å². The fourth-order valence-corrected chi connectivity index (χ4v) is 5.81. The van der Waals surface area contributed by atoms with E-state index in [2.05, 4.69) is 72.0 Å². The molecule has 3 aromatic carbocycles. The van der Waals surface area contributed by atoms with Crippen molar-refractivity contribution in [1.29, 1.82) is 0 Å². The highest BCUT2D eigenvalue weighted by atomic mass is 127. The molecule has 0 aliphatic rings. The predicted molar refractivity (Wildman–Crippen MR) is 162 cm³/mol. The Hall–Kier alpha value is -3.26. The van der Waals surface area contributed by atoms with E-state index in [1.54, 1.807) is 42.7 Å². The Bertz CT molecular complexity index is 1660. The van der Waals surface area contributed by atoms with Gasteiger partial charge in [0.05, 0.1) is 66.3 Å². The van der Waals surface area contributed by atoms with Crippen LogP contribution in [0.15, 0.2) is 60.9 Å². The molecule has 0 fully saturated rings. The van der Waals surface area contributed by atoms with Gasteiger partial charge < -0.3 is 76.4 Å². The molecule has 8 nitrogen and oxygen atoms in total. The molecule has 0 radical (unpaired) electrons. The number of halogens is 2. The van der Waals surface area contributed by atoms with Crippen molar-refractivity contribution in [3.63, 3.8) is 0 Å². The number of aryl methyl sites for hydroxylation is 2. The molecule has 0 saturated heterocycles. The summed E-state index contributed by atoms with van der Waals surface area (Å²) in [7, 11) is 14.0. The van der Waals surface area contributed by atoms with Gasteiger partial charge in [-0.25, -0.2) is 9.13 Å². The van der Waals surface area contributed by atoms with E-state index in [1.165, 1.54) is 11.1 Å². The molecule has 2 heterocycles. The first-order chi connectivity index (χ1) is 20.4. The van der Waals surface area contributed by atoms with Crippen LogP contribution in [0.3, 0.4) is 0 Å². The molecule has 0 unspecified atom stereocenters. The Kier molecular flexibility index (Phi) is 12.1. The summed E-state index contributed by atoms with van der Waals surface area (Å²) in [5.41, 5.74) is 4.61. The predicted octanol–water partition coefficient (Wildman–Crippen LogP) is -1.12. The van der Waals surface area contributed by atoms with E-state index in [0.29, 0.717) is 47.3 Å². The van der Waals surface area contributed by atoms with Gasteiger partial charge in [0.15, 0.2) is 46.8 Å². The van der Waals surface area contributed by atoms with Crippen LogP contribution >= 0.6 is 0 Å². The maximum atomic E-state index is 5.92. The number of rotatable bonds is 10. The minimum Gasteiger partial charge on any atom is -1.00 e. The SMILES string of the molecule is COc1cc2cc[n+](C)c(Cc3ccccc3Cc3c4c(OC)c(OC)c(OC)cc4cc[n+]3C)c2c(OC)c1OC.[I-].[I-]. The summed E-state index contributed by atoms with van der Waals surface area (Å²) in [5.74, 6) is 3.72. The molecule has 0 amide bonds. The lowest BCUT2D eigenvalue weighted by Gasteiger charge is -2.17. The van der Waals surface area contributed by atoms with Gasteiger partial charge in [0, 0.05) is 22.9 Å². The number of fused-ring (bicyclic) bond motifs is 2. The van der Waals surface area contributed by atoms with Crippen molar-refractivity contribution < 1.29 is 85.5 Å². The highest BCUT2D eigenvalue weighted by Gasteiger charge is 2.27. The second kappa shape index (κ2) is 15.2. The standard InChI is InChI=1S/C34H38N2O6.2HI/c1-35-15-13-23-19-27(37-3)31(39-5)33(41-7)29(23)25(35)17-21-11-9-10-12-22(21)18-26-30-24(14-16-36(26)2)20-28(38-4)32(40-6)34(30)42-8;;/h9-16,19-20H,17-18H2,1-8H3;2*1H/q+2;;/p-2. The van der Waals surface area contributed by atoms with Crippen molar-refractivity contribution in [1.82, 2.24) is 0 Å². The number of aromatic nitrogens is 2. The van der Waals surface area contributed by atoms with Gasteiger partial charge in [0.1, 0.15) is 14.1 Å². The van der Waals surface area contributed by atoms with Gasteiger partial charge in [-0.2, -0.15) is 0 Å². The largest absolute Gasteiger partial charge is 1.00 e. The van der Waals surface area contributed by atoms with Crippen LogP contribution in [0.4, 0.5) is 0 Å². The summed E-state index contributed by atoms with van der Waals surface area (Å²) in [5, 5.41) is 4.01. The molecule has 0 saturated carbocycles. The molecule has 0 bridgehead atoms. The summed E-state index contributed by atoms with van der Waals surface area (Å²) in [6.45, 7) is 0. The first-order valence-corrected chi connectivity index (χ1v) is 13.7. The van der Waals surface area contributed by atoms with Crippen LogP contribution in [-0.4, -0.2) is 42.7 Å². The van der Waals surface area contributed by atoms with Gasteiger partial charge in [-0.15, -0.1) is 0 Å². The summed E-state index contributed by atoms with van der Waals surface area (Å²) >= 11 is 0. The number of nitrogens with zero attached hydrogens (tertiary/aromatic N) is 2. The Morgan fingerprint density at radius 3 is 1.18 bits per heavy atom. The lowest BCUT2D eigenvalue weighted by Crippen LogP contribution is -3.00. The molecular formula is C34H38I2N2O6. The Morgan fingerprint density at radius 2 is 0.864 bits per heavy atom. The van der Waals surface area contributed by atoms with E-state index in [0.717, 1.165) is 32.9 Å². The highest BCUT2D eigenvalue weighted by molar-refractivity contribution is 5.95. The lowest BCUT2D eigenvalue weighted by atomic mass is 9.94. The topological polar surface area (TPSA) is 63.1 Å². The van der Waals surface area contributed by atoms with Crippen molar-refractivity contribution in [2.45, 2.75) is 12.8 Å². The monoisotopic (exact) mass is 824 g/mol. The maximum absolute atomic E-state index is 5.92. The third-order valence-corrected chi connectivity index (χ3v) is 7.94. The molecule has 5 rings (SSSR count). The normalized spacial score (nSPS) is 10.5. The van der Waals surface area contributed by atoms with Crippen molar-refractivity contribution in [2.75, 3.05) is 42.7 Å². The summed E-state index contributed by atoms with van der Waals surface area (Å²) in [4.78, 5) is 0. The summed E-state index contributed by atoms with van der Waals surface area (Å²) in [6.07, 6.45) is 5.50.